The molecular weight excluding hydrogens is 426 g/mol. The first-order valence-corrected chi connectivity index (χ1v) is 7.85. The second kappa shape index (κ2) is 5.57. The maximum Gasteiger partial charge on any atom is 0.246 e. The number of nitrogen functional groups attached to an aromatic ring is 1. The molecule has 1 aliphatic heterocycles. The van der Waals surface area contributed by atoms with Gasteiger partial charge < -0.3 is 25.4 Å². The lowest BCUT2D eigenvalue weighted by molar-refractivity contribution is -0.0432. The van der Waals surface area contributed by atoms with Crippen LogP contribution in [0.4, 0.5) is 5.95 Å². The second-order valence-electron chi connectivity index (χ2n) is 4.74. The van der Waals surface area contributed by atoms with Crippen LogP contribution in [0.5, 0.6) is 5.88 Å². The molecule has 0 aromatic carbocycles. The van der Waals surface area contributed by atoms with E-state index >= 15 is 0 Å². The Kier molecular flexibility index (Phi) is 4.01. The van der Waals surface area contributed by atoms with Gasteiger partial charge in [0.25, 0.3) is 0 Å². The van der Waals surface area contributed by atoms with Gasteiger partial charge in [-0.3, -0.25) is 4.57 Å². The highest BCUT2D eigenvalue weighted by molar-refractivity contribution is 9.25. The maximum absolute atomic E-state index is 10.2. The summed E-state index contributed by atoms with van der Waals surface area (Å²) in [5, 5.41) is 19.5. The SMILES string of the molecule is COc1nc(N)nc2c1ncn2[C@@H]1O[C@H](CO)[C@H](O)C1(Br)Br. The van der Waals surface area contributed by atoms with Crippen molar-refractivity contribution >= 4 is 49.0 Å². The number of alkyl halides is 2. The molecule has 3 rings (SSSR count). The highest BCUT2D eigenvalue weighted by Gasteiger charge is 2.54. The van der Waals surface area contributed by atoms with Gasteiger partial charge in [0.2, 0.25) is 11.8 Å². The molecule has 0 amide bonds. The summed E-state index contributed by atoms with van der Waals surface area (Å²) < 4.78 is 11.4. The summed E-state index contributed by atoms with van der Waals surface area (Å²) in [6.07, 6.45) is -0.984. The number of aromatic nitrogens is 4. The van der Waals surface area contributed by atoms with Crippen LogP contribution >= 0.6 is 31.9 Å². The van der Waals surface area contributed by atoms with Gasteiger partial charge in [-0.1, -0.05) is 31.9 Å². The molecule has 22 heavy (non-hydrogen) atoms. The normalized spacial score (nSPS) is 27.4. The molecule has 1 saturated heterocycles. The zero-order chi connectivity index (χ0) is 16.1. The summed E-state index contributed by atoms with van der Waals surface area (Å²) in [5.41, 5.74) is 6.49. The predicted octanol–water partition coefficient (Wildman–Crippen LogP) is 0.154. The third-order valence-electron chi connectivity index (χ3n) is 3.41. The number of aliphatic hydroxyl groups excluding tert-OH is 2. The molecule has 1 aliphatic rings. The third kappa shape index (κ3) is 2.27. The van der Waals surface area contributed by atoms with Crippen molar-refractivity contribution in [3.63, 3.8) is 0 Å². The number of methoxy groups -OCH3 is 1. The first kappa shape index (κ1) is 15.9. The number of imidazole rings is 1. The van der Waals surface area contributed by atoms with Crippen LogP contribution in [-0.2, 0) is 4.74 Å². The molecule has 0 radical (unpaired) electrons. The van der Waals surface area contributed by atoms with Crippen molar-refractivity contribution in [1.29, 1.82) is 0 Å². The zero-order valence-electron chi connectivity index (χ0n) is 11.3. The van der Waals surface area contributed by atoms with Crippen molar-refractivity contribution in [3.05, 3.63) is 6.33 Å². The Bertz CT molecular complexity index is 709. The molecule has 0 unspecified atom stereocenters. The number of nitrogens with zero attached hydrogens (tertiary/aromatic N) is 4. The first-order chi connectivity index (χ1) is 10.4. The van der Waals surface area contributed by atoms with Gasteiger partial charge >= 0.3 is 0 Å². The lowest BCUT2D eigenvalue weighted by atomic mass is 10.2. The van der Waals surface area contributed by atoms with Crippen LogP contribution in [0.1, 0.15) is 6.23 Å². The van der Waals surface area contributed by atoms with Crippen LogP contribution in [0.2, 0.25) is 0 Å². The average molecular weight is 439 g/mol. The van der Waals surface area contributed by atoms with Gasteiger partial charge in [0.1, 0.15) is 12.2 Å². The van der Waals surface area contributed by atoms with Gasteiger partial charge in [-0.05, 0) is 0 Å². The lowest BCUT2D eigenvalue weighted by Gasteiger charge is -2.24. The Hall–Kier alpha value is -1.01. The molecule has 1 fully saturated rings. The third-order valence-corrected chi connectivity index (χ3v) is 5.13. The fourth-order valence-electron chi connectivity index (χ4n) is 2.34. The Morgan fingerprint density at radius 1 is 1.50 bits per heavy atom. The molecule has 4 N–H and O–H groups in total. The number of aliphatic hydroxyl groups is 2. The smallest absolute Gasteiger partial charge is 0.246 e. The van der Waals surface area contributed by atoms with Crippen LogP contribution in [0.25, 0.3) is 11.2 Å². The van der Waals surface area contributed by atoms with Crippen molar-refractivity contribution in [3.8, 4) is 5.88 Å². The number of nitrogens with two attached hydrogens (primary N) is 1. The van der Waals surface area contributed by atoms with E-state index < -0.39 is 21.7 Å². The number of rotatable bonds is 3. The maximum atomic E-state index is 10.2. The van der Waals surface area contributed by atoms with Crippen molar-refractivity contribution in [2.75, 3.05) is 19.5 Å². The Balaban J connectivity index is 2.13. The molecule has 0 spiro atoms. The van der Waals surface area contributed by atoms with Crippen molar-refractivity contribution in [2.45, 2.75) is 21.7 Å². The fourth-order valence-corrected chi connectivity index (χ4v) is 3.59. The first-order valence-electron chi connectivity index (χ1n) is 6.26. The minimum Gasteiger partial charge on any atom is -0.479 e. The predicted molar refractivity (Wildman–Crippen MR) is 83.9 cm³/mol. The average Bonchev–Trinajstić information content (AvgIpc) is 2.98. The molecule has 2 aromatic heterocycles. The molecule has 3 heterocycles. The highest BCUT2D eigenvalue weighted by Crippen LogP contribution is 2.50. The summed E-state index contributed by atoms with van der Waals surface area (Å²) in [5.74, 6) is 0.270. The molecule has 120 valence electrons. The van der Waals surface area contributed by atoms with Gasteiger partial charge in [0.05, 0.1) is 20.0 Å². The Labute approximate surface area is 141 Å². The topological polar surface area (TPSA) is 129 Å². The van der Waals surface area contributed by atoms with Crippen molar-refractivity contribution in [1.82, 2.24) is 19.5 Å². The fraction of sp³-hybridized carbons (Fsp3) is 0.545. The van der Waals surface area contributed by atoms with E-state index in [0.29, 0.717) is 11.2 Å². The van der Waals surface area contributed by atoms with Gasteiger partial charge in [0, 0.05) is 0 Å². The largest absolute Gasteiger partial charge is 0.479 e. The number of ether oxygens (including phenoxy) is 2. The van der Waals surface area contributed by atoms with E-state index in [4.69, 9.17) is 15.2 Å². The Morgan fingerprint density at radius 2 is 2.23 bits per heavy atom. The van der Waals surface area contributed by atoms with Gasteiger partial charge in [-0.15, -0.1) is 0 Å². The summed E-state index contributed by atoms with van der Waals surface area (Å²) in [6, 6.07) is 0. The number of fused-ring (bicyclic) bond motifs is 1. The lowest BCUT2D eigenvalue weighted by Crippen LogP contribution is -2.36. The number of halogens is 2. The molecular formula is C11H13Br2N5O4. The minimum absolute atomic E-state index is 0.0260. The molecule has 3 atom stereocenters. The van der Waals surface area contributed by atoms with E-state index in [1.165, 1.54) is 13.4 Å². The molecule has 0 bridgehead atoms. The van der Waals surface area contributed by atoms with Crippen LogP contribution in [0.3, 0.4) is 0 Å². The van der Waals surface area contributed by atoms with E-state index in [1.807, 2.05) is 0 Å². The molecule has 0 saturated carbocycles. The van der Waals surface area contributed by atoms with E-state index in [0.717, 1.165) is 0 Å². The van der Waals surface area contributed by atoms with E-state index in [1.54, 1.807) is 4.57 Å². The highest BCUT2D eigenvalue weighted by atomic mass is 79.9. The molecule has 11 heteroatoms. The van der Waals surface area contributed by atoms with E-state index in [9.17, 15) is 10.2 Å². The van der Waals surface area contributed by atoms with Crippen LogP contribution in [0, 0.1) is 0 Å². The summed E-state index contributed by atoms with van der Waals surface area (Å²) >= 11 is 6.79. The monoisotopic (exact) mass is 437 g/mol. The van der Waals surface area contributed by atoms with Crippen molar-refractivity contribution in [2.24, 2.45) is 0 Å². The summed E-state index contributed by atoms with van der Waals surface area (Å²) in [4.78, 5) is 12.3. The minimum atomic E-state index is -1.02. The summed E-state index contributed by atoms with van der Waals surface area (Å²) in [7, 11) is 1.46. The number of hydrogen-bond acceptors (Lipinski definition) is 8. The van der Waals surface area contributed by atoms with Crippen LogP contribution < -0.4 is 10.5 Å². The van der Waals surface area contributed by atoms with E-state index in [2.05, 4.69) is 46.8 Å². The van der Waals surface area contributed by atoms with Gasteiger partial charge in [-0.2, -0.15) is 9.97 Å². The standard InChI is InChI=1S/C11H13Br2N5O4/c1-21-8-5-7(16-10(14)17-8)18(3-15-5)9-11(12,13)6(20)4(2-19)22-9/h3-4,6,9,19-20H,2H2,1H3,(H2,14,16,17)/t4-,6+,9-/m1/s1. The molecule has 9 nitrogen and oxygen atoms in total. The van der Waals surface area contributed by atoms with Crippen molar-refractivity contribution < 1.29 is 19.7 Å². The summed E-state index contributed by atoms with van der Waals surface area (Å²) in [6.45, 7) is -0.330. The molecule has 2 aromatic rings. The second-order valence-corrected chi connectivity index (χ2v) is 8.43. The number of anilines is 1. The number of hydrogen-bond donors (Lipinski definition) is 3. The van der Waals surface area contributed by atoms with Crippen LogP contribution in [-0.4, -0.2) is 58.9 Å². The Morgan fingerprint density at radius 3 is 2.82 bits per heavy atom. The van der Waals surface area contributed by atoms with E-state index in [-0.39, 0.29) is 18.4 Å². The van der Waals surface area contributed by atoms with Crippen LogP contribution in [0.15, 0.2) is 6.33 Å². The van der Waals surface area contributed by atoms with Gasteiger partial charge in [0.15, 0.2) is 20.6 Å². The quantitative estimate of drug-likeness (QED) is 0.577. The van der Waals surface area contributed by atoms with Gasteiger partial charge in [-0.25, -0.2) is 4.98 Å². The molecule has 0 aliphatic carbocycles. The zero-order valence-corrected chi connectivity index (χ0v) is 14.5.